The predicted molar refractivity (Wildman–Crippen MR) is 98.1 cm³/mol. The molecule has 0 bridgehead atoms. The lowest BCUT2D eigenvalue weighted by molar-refractivity contribution is 0.120. The maximum atomic E-state index is 14.0. The highest BCUT2D eigenvalue weighted by Gasteiger charge is 2.21. The quantitative estimate of drug-likeness (QED) is 0.876. The van der Waals surface area contributed by atoms with Gasteiger partial charge in [0.15, 0.2) is 5.82 Å². The fourth-order valence-corrected chi connectivity index (χ4v) is 3.42. The van der Waals surface area contributed by atoms with E-state index in [2.05, 4.69) is 30.3 Å². The zero-order chi connectivity index (χ0) is 17.8. The third-order valence-electron chi connectivity index (χ3n) is 4.85. The topological polar surface area (TPSA) is 66.4 Å². The summed E-state index contributed by atoms with van der Waals surface area (Å²) in [5.41, 5.74) is 0.659. The Morgan fingerprint density at radius 1 is 1.15 bits per heavy atom. The van der Waals surface area contributed by atoms with E-state index in [1.807, 2.05) is 12.1 Å². The standard InChI is InChI=1S/C18H23FN6O/c19-15-5-1-2-6-16(15)24-7-9-25(10-8-24)17-13-21-23-18(22-17)20-12-14-4-3-11-26-14/h1-2,5-6,13-14H,3-4,7-12H2,(H,20,22,23). The van der Waals surface area contributed by atoms with E-state index in [0.29, 0.717) is 18.2 Å². The van der Waals surface area contributed by atoms with Crippen LogP contribution in [0, 0.1) is 5.82 Å². The van der Waals surface area contributed by atoms with Gasteiger partial charge >= 0.3 is 0 Å². The summed E-state index contributed by atoms with van der Waals surface area (Å²) in [4.78, 5) is 8.79. The van der Waals surface area contributed by atoms with E-state index >= 15 is 0 Å². The number of aromatic nitrogens is 3. The Hall–Kier alpha value is -2.48. The number of hydrogen-bond acceptors (Lipinski definition) is 7. The largest absolute Gasteiger partial charge is 0.376 e. The maximum Gasteiger partial charge on any atom is 0.244 e. The fourth-order valence-electron chi connectivity index (χ4n) is 3.42. The Morgan fingerprint density at radius 2 is 1.96 bits per heavy atom. The van der Waals surface area contributed by atoms with Crippen molar-refractivity contribution in [3.63, 3.8) is 0 Å². The summed E-state index contributed by atoms with van der Waals surface area (Å²) in [5, 5.41) is 11.3. The molecular formula is C18H23FN6O. The highest BCUT2D eigenvalue weighted by atomic mass is 19.1. The van der Waals surface area contributed by atoms with Gasteiger partial charge in [0.2, 0.25) is 5.95 Å². The van der Waals surface area contributed by atoms with Crippen LogP contribution in [0.3, 0.4) is 0 Å². The van der Waals surface area contributed by atoms with Crippen LogP contribution >= 0.6 is 0 Å². The Morgan fingerprint density at radius 3 is 2.73 bits per heavy atom. The molecule has 138 valence electrons. The normalized spacial score (nSPS) is 20.4. The minimum absolute atomic E-state index is 0.176. The summed E-state index contributed by atoms with van der Waals surface area (Å²) in [5.74, 6) is 1.14. The van der Waals surface area contributed by atoms with Crippen molar-refractivity contribution < 1.29 is 9.13 Å². The zero-order valence-corrected chi connectivity index (χ0v) is 14.6. The number of halogens is 1. The predicted octanol–water partition coefficient (Wildman–Crippen LogP) is 1.93. The van der Waals surface area contributed by atoms with Gasteiger partial charge in [0, 0.05) is 39.3 Å². The number of nitrogens with zero attached hydrogens (tertiary/aromatic N) is 5. The summed E-state index contributed by atoms with van der Waals surface area (Å²) in [6, 6.07) is 6.91. The van der Waals surface area contributed by atoms with Crippen molar-refractivity contribution >= 4 is 17.5 Å². The number of hydrogen-bond donors (Lipinski definition) is 1. The van der Waals surface area contributed by atoms with E-state index in [9.17, 15) is 4.39 Å². The smallest absolute Gasteiger partial charge is 0.244 e. The summed E-state index contributed by atoms with van der Waals surface area (Å²) in [6.45, 7) is 4.54. The SMILES string of the molecule is Fc1ccccc1N1CCN(c2cnnc(NCC3CCCO3)n2)CC1. The highest BCUT2D eigenvalue weighted by molar-refractivity contribution is 5.50. The van der Waals surface area contributed by atoms with Crippen LogP contribution in [0.4, 0.5) is 21.8 Å². The zero-order valence-electron chi connectivity index (χ0n) is 14.6. The molecule has 2 aromatic rings. The molecule has 2 aliphatic heterocycles. The van der Waals surface area contributed by atoms with Gasteiger partial charge in [0.05, 0.1) is 18.0 Å². The molecule has 1 N–H and O–H groups in total. The third-order valence-corrected chi connectivity index (χ3v) is 4.85. The molecule has 1 aromatic heterocycles. The Kier molecular flexibility index (Phi) is 5.10. The van der Waals surface area contributed by atoms with Crippen LogP contribution in [0.5, 0.6) is 0 Å². The second-order valence-corrected chi connectivity index (χ2v) is 6.58. The highest BCUT2D eigenvalue weighted by Crippen LogP contribution is 2.22. The summed E-state index contributed by atoms with van der Waals surface area (Å²) in [7, 11) is 0. The number of benzene rings is 1. The third kappa shape index (κ3) is 3.85. The number of nitrogens with one attached hydrogen (secondary N) is 1. The molecule has 8 heteroatoms. The van der Waals surface area contributed by atoms with Crippen molar-refractivity contribution in [3.05, 3.63) is 36.3 Å². The minimum Gasteiger partial charge on any atom is -0.376 e. The molecule has 4 rings (SSSR count). The van der Waals surface area contributed by atoms with E-state index in [1.165, 1.54) is 6.07 Å². The second kappa shape index (κ2) is 7.82. The molecule has 0 radical (unpaired) electrons. The minimum atomic E-state index is -0.176. The lowest BCUT2D eigenvalue weighted by atomic mass is 10.2. The van der Waals surface area contributed by atoms with Gasteiger partial charge in [0.1, 0.15) is 5.82 Å². The Balaban J connectivity index is 1.35. The molecule has 0 spiro atoms. The van der Waals surface area contributed by atoms with Gasteiger partial charge < -0.3 is 19.9 Å². The Labute approximate surface area is 152 Å². The number of para-hydroxylation sites is 1. The van der Waals surface area contributed by atoms with Gasteiger partial charge in [-0.05, 0) is 25.0 Å². The van der Waals surface area contributed by atoms with E-state index in [4.69, 9.17) is 4.74 Å². The van der Waals surface area contributed by atoms with Gasteiger partial charge in [0.25, 0.3) is 0 Å². The first-order chi connectivity index (χ1) is 12.8. The molecule has 2 saturated heterocycles. The molecule has 1 unspecified atom stereocenters. The first-order valence-corrected chi connectivity index (χ1v) is 9.09. The number of ether oxygens (including phenoxy) is 1. The van der Waals surface area contributed by atoms with Crippen molar-refractivity contribution in [3.8, 4) is 0 Å². The van der Waals surface area contributed by atoms with Crippen LogP contribution < -0.4 is 15.1 Å². The van der Waals surface area contributed by atoms with Gasteiger partial charge in [-0.1, -0.05) is 12.1 Å². The molecular weight excluding hydrogens is 335 g/mol. The van der Waals surface area contributed by atoms with Crippen molar-refractivity contribution in [2.45, 2.75) is 18.9 Å². The van der Waals surface area contributed by atoms with Gasteiger partial charge in [-0.25, -0.2) is 4.39 Å². The molecule has 0 saturated carbocycles. The van der Waals surface area contributed by atoms with E-state index in [-0.39, 0.29) is 11.9 Å². The summed E-state index contributed by atoms with van der Waals surface area (Å²) >= 11 is 0. The number of rotatable bonds is 5. The van der Waals surface area contributed by atoms with E-state index in [1.54, 1.807) is 12.3 Å². The van der Waals surface area contributed by atoms with Crippen LogP contribution in [-0.2, 0) is 4.74 Å². The molecule has 1 aromatic carbocycles. The van der Waals surface area contributed by atoms with Crippen LogP contribution in [-0.4, -0.2) is 60.6 Å². The molecule has 3 heterocycles. The van der Waals surface area contributed by atoms with Gasteiger partial charge in [-0.2, -0.15) is 10.1 Å². The van der Waals surface area contributed by atoms with Crippen LogP contribution in [0.15, 0.2) is 30.5 Å². The van der Waals surface area contributed by atoms with E-state index in [0.717, 1.165) is 51.4 Å². The lowest BCUT2D eigenvalue weighted by Gasteiger charge is -2.36. The molecule has 2 aliphatic rings. The number of anilines is 3. The van der Waals surface area contributed by atoms with Crippen molar-refractivity contribution in [1.82, 2.24) is 15.2 Å². The van der Waals surface area contributed by atoms with Crippen molar-refractivity contribution in [1.29, 1.82) is 0 Å². The molecule has 2 fully saturated rings. The monoisotopic (exact) mass is 358 g/mol. The van der Waals surface area contributed by atoms with Crippen LogP contribution in [0.2, 0.25) is 0 Å². The molecule has 0 aliphatic carbocycles. The molecule has 7 nitrogen and oxygen atoms in total. The Bertz CT molecular complexity index is 731. The molecule has 26 heavy (non-hydrogen) atoms. The molecule has 0 amide bonds. The summed E-state index contributed by atoms with van der Waals surface area (Å²) in [6.07, 6.45) is 4.08. The fraction of sp³-hybridized carbons (Fsp3) is 0.500. The first kappa shape index (κ1) is 17.0. The average Bonchev–Trinajstić information content (AvgIpc) is 3.21. The maximum absolute atomic E-state index is 14.0. The van der Waals surface area contributed by atoms with Crippen LogP contribution in [0.1, 0.15) is 12.8 Å². The van der Waals surface area contributed by atoms with Crippen molar-refractivity contribution in [2.24, 2.45) is 0 Å². The summed E-state index contributed by atoms with van der Waals surface area (Å²) < 4.78 is 19.6. The lowest BCUT2D eigenvalue weighted by Crippen LogP contribution is -2.47. The van der Waals surface area contributed by atoms with Crippen LogP contribution in [0.25, 0.3) is 0 Å². The first-order valence-electron chi connectivity index (χ1n) is 9.09. The van der Waals surface area contributed by atoms with Crippen molar-refractivity contribution in [2.75, 3.05) is 54.4 Å². The second-order valence-electron chi connectivity index (χ2n) is 6.58. The number of piperazine rings is 1. The molecule has 1 atom stereocenters. The average molecular weight is 358 g/mol. The van der Waals surface area contributed by atoms with E-state index < -0.39 is 0 Å². The van der Waals surface area contributed by atoms with Gasteiger partial charge in [-0.15, -0.1) is 5.10 Å². The van der Waals surface area contributed by atoms with Gasteiger partial charge in [-0.3, -0.25) is 0 Å².